The van der Waals surface area contributed by atoms with E-state index in [0.717, 1.165) is 11.1 Å². The first-order valence-corrected chi connectivity index (χ1v) is 5.43. The SMILES string of the molecule is Cc1ccc(CNC(=O)C(Cl)(Cl)Cl)cc1. The molecule has 0 aliphatic heterocycles. The third-order valence-corrected chi connectivity index (χ3v) is 2.35. The summed E-state index contributed by atoms with van der Waals surface area (Å²) in [5.74, 6) is -0.618. The summed E-state index contributed by atoms with van der Waals surface area (Å²) in [4.78, 5) is 11.2. The van der Waals surface area contributed by atoms with Gasteiger partial charge in [0, 0.05) is 6.54 Å². The highest BCUT2D eigenvalue weighted by Gasteiger charge is 2.29. The molecule has 0 fully saturated rings. The smallest absolute Gasteiger partial charge is 0.272 e. The molecule has 0 saturated carbocycles. The van der Waals surface area contributed by atoms with Crippen molar-refractivity contribution in [2.45, 2.75) is 17.3 Å². The van der Waals surface area contributed by atoms with Crippen LogP contribution in [0, 0.1) is 6.92 Å². The van der Waals surface area contributed by atoms with Crippen LogP contribution in [0.5, 0.6) is 0 Å². The number of nitrogens with one attached hydrogen (secondary N) is 1. The Morgan fingerprint density at radius 2 is 1.80 bits per heavy atom. The van der Waals surface area contributed by atoms with Gasteiger partial charge in [-0.15, -0.1) is 0 Å². The third-order valence-electron chi connectivity index (χ3n) is 1.83. The van der Waals surface area contributed by atoms with Crippen molar-refractivity contribution in [3.63, 3.8) is 0 Å². The van der Waals surface area contributed by atoms with Crippen molar-refractivity contribution in [3.8, 4) is 0 Å². The topological polar surface area (TPSA) is 29.1 Å². The summed E-state index contributed by atoms with van der Waals surface area (Å²) >= 11 is 16.2. The Morgan fingerprint density at radius 3 is 2.27 bits per heavy atom. The van der Waals surface area contributed by atoms with Gasteiger partial charge >= 0.3 is 0 Å². The van der Waals surface area contributed by atoms with Gasteiger partial charge in [0.15, 0.2) is 0 Å². The number of hydrogen-bond acceptors (Lipinski definition) is 1. The van der Waals surface area contributed by atoms with E-state index in [1.807, 2.05) is 31.2 Å². The lowest BCUT2D eigenvalue weighted by Crippen LogP contribution is -2.33. The maximum absolute atomic E-state index is 11.2. The monoisotopic (exact) mass is 265 g/mol. The standard InChI is InChI=1S/C10H10Cl3NO/c1-7-2-4-8(5-3-7)6-14-9(15)10(11,12)13/h2-5H,6H2,1H3,(H,14,15). The molecule has 0 atom stereocenters. The first-order valence-electron chi connectivity index (χ1n) is 4.30. The maximum atomic E-state index is 11.2. The first-order chi connectivity index (χ1) is 6.89. The zero-order valence-corrected chi connectivity index (χ0v) is 10.3. The fraction of sp³-hybridized carbons (Fsp3) is 0.300. The van der Waals surface area contributed by atoms with Crippen molar-refractivity contribution in [2.75, 3.05) is 0 Å². The summed E-state index contributed by atoms with van der Waals surface area (Å²) in [6.45, 7) is 2.34. The molecule has 1 aromatic carbocycles. The number of halogens is 3. The van der Waals surface area contributed by atoms with Crippen LogP contribution < -0.4 is 5.32 Å². The Hall–Kier alpha value is -0.440. The van der Waals surface area contributed by atoms with E-state index in [4.69, 9.17) is 34.8 Å². The molecule has 0 bridgehead atoms. The number of benzene rings is 1. The summed E-state index contributed by atoms with van der Waals surface area (Å²) in [5, 5.41) is 2.52. The number of hydrogen-bond donors (Lipinski definition) is 1. The van der Waals surface area contributed by atoms with Gasteiger partial charge in [0.05, 0.1) is 0 Å². The van der Waals surface area contributed by atoms with Crippen LogP contribution in [0.4, 0.5) is 0 Å². The highest BCUT2D eigenvalue weighted by Crippen LogP contribution is 2.25. The molecule has 5 heteroatoms. The molecule has 0 unspecified atom stereocenters. The van der Waals surface area contributed by atoms with Crippen molar-refractivity contribution in [2.24, 2.45) is 0 Å². The van der Waals surface area contributed by atoms with Crippen LogP contribution in [-0.4, -0.2) is 9.70 Å². The summed E-state index contributed by atoms with van der Waals surface area (Å²) in [7, 11) is 0. The third kappa shape index (κ3) is 4.29. The molecule has 0 aromatic heterocycles. The molecule has 0 heterocycles. The predicted octanol–water partition coefficient (Wildman–Crippen LogP) is 2.98. The van der Waals surface area contributed by atoms with E-state index in [9.17, 15) is 4.79 Å². The highest BCUT2D eigenvalue weighted by molar-refractivity contribution is 6.76. The molecule has 82 valence electrons. The number of alkyl halides is 3. The minimum absolute atomic E-state index is 0.354. The number of rotatable bonds is 2. The van der Waals surface area contributed by atoms with E-state index in [1.165, 1.54) is 0 Å². The summed E-state index contributed by atoms with van der Waals surface area (Å²) in [5.41, 5.74) is 2.12. The van der Waals surface area contributed by atoms with Gasteiger partial charge in [-0.05, 0) is 12.5 Å². The lowest BCUT2D eigenvalue weighted by molar-refractivity contribution is -0.120. The van der Waals surface area contributed by atoms with E-state index >= 15 is 0 Å². The van der Waals surface area contributed by atoms with Crippen molar-refractivity contribution in [3.05, 3.63) is 35.4 Å². The Balaban J connectivity index is 2.51. The normalized spacial score (nSPS) is 11.2. The van der Waals surface area contributed by atoms with E-state index < -0.39 is 9.70 Å². The van der Waals surface area contributed by atoms with Crippen LogP contribution in [0.2, 0.25) is 0 Å². The van der Waals surface area contributed by atoms with Crippen LogP contribution in [0.25, 0.3) is 0 Å². The molecule has 0 radical (unpaired) electrons. The molecule has 1 N–H and O–H groups in total. The number of carbonyl (C=O) groups is 1. The zero-order chi connectivity index (χ0) is 11.5. The minimum Gasteiger partial charge on any atom is -0.348 e. The lowest BCUT2D eigenvalue weighted by atomic mass is 10.1. The average Bonchev–Trinajstić information content (AvgIpc) is 2.15. The summed E-state index contributed by atoms with van der Waals surface area (Å²) < 4.78 is -1.90. The van der Waals surface area contributed by atoms with Gasteiger partial charge < -0.3 is 5.32 Å². The van der Waals surface area contributed by atoms with Crippen molar-refractivity contribution in [1.82, 2.24) is 5.32 Å². The second-order valence-electron chi connectivity index (χ2n) is 3.17. The van der Waals surface area contributed by atoms with E-state index in [1.54, 1.807) is 0 Å². The highest BCUT2D eigenvalue weighted by atomic mass is 35.6. The second kappa shape index (κ2) is 5.06. The summed E-state index contributed by atoms with van der Waals surface area (Å²) in [6, 6.07) is 7.73. The molecule has 0 spiro atoms. The Kier molecular flexibility index (Phi) is 4.26. The fourth-order valence-electron chi connectivity index (χ4n) is 0.988. The molecular formula is C10H10Cl3NO. The van der Waals surface area contributed by atoms with E-state index in [2.05, 4.69) is 5.32 Å². The van der Waals surface area contributed by atoms with Crippen molar-refractivity contribution in [1.29, 1.82) is 0 Å². The molecule has 15 heavy (non-hydrogen) atoms. The molecule has 1 aromatic rings. The number of aryl methyl sites for hydroxylation is 1. The minimum atomic E-state index is -1.90. The molecular weight excluding hydrogens is 256 g/mol. The molecule has 1 rings (SSSR count). The predicted molar refractivity (Wildman–Crippen MR) is 63.3 cm³/mol. The van der Waals surface area contributed by atoms with Gasteiger partial charge in [0.2, 0.25) is 0 Å². The van der Waals surface area contributed by atoms with Crippen molar-refractivity contribution < 1.29 is 4.79 Å². The number of carbonyl (C=O) groups excluding carboxylic acids is 1. The van der Waals surface area contributed by atoms with Crippen LogP contribution in [-0.2, 0) is 11.3 Å². The quantitative estimate of drug-likeness (QED) is 0.819. The second-order valence-corrected chi connectivity index (χ2v) is 5.45. The Labute approximate surface area is 104 Å². The van der Waals surface area contributed by atoms with Gasteiger partial charge in [-0.25, -0.2) is 0 Å². The number of amides is 1. The van der Waals surface area contributed by atoms with Crippen LogP contribution in [0.3, 0.4) is 0 Å². The first kappa shape index (κ1) is 12.6. The van der Waals surface area contributed by atoms with Gasteiger partial charge in [-0.2, -0.15) is 0 Å². The maximum Gasteiger partial charge on any atom is 0.272 e. The summed E-state index contributed by atoms with van der Waals surface area (Å²) in [6.07, 6.45) is 0. The lowest BCUT2D eigenvalue weighted by Gasteiger charge is -2.11. The van der Waals surface area contributed by atoms with E-state index in [0.29, 0.717) is 6.54 Å². The molecule has 0 aliphatic rings. The van der Waals surface area contributed by atoms with E-state index in [-0.39, 0.29) is 0 Å². The molecule has 1 amide bonds. The largest absolute Gasteiger partial charge is 0.348 e. The zero-order valence-electron chi connectivity index (χ0n) is 8.06. The van der Waals surface area contributed by atoms with Gasteiger partial charge in [-0.1, -0.05) is 64.6 Å². The van der Waals surface area contributed by atoms with Crippen molar-refractivity contribution >= 4 is 40.7 Å². The Bertz CT molecular complexity index is 343. The van der Waals surface area contributed by atoms with Gasteiger partial charge in [0.25, 0.3) is 9.70 Å². The van der Waals surface area contributed by atoms with Crippen LogP contribution >= 0.6 is 34.8 Å². The molecule has 0 saturated heterocycles. The van der Waals surface area contributed by atoms with Gasteiger partial charge in [0.1, 0.15) is 0 Å². The molecule has 2 nitrogen and oxygen atoms in total. The Morgan fingerprint density at radius 1 is 1.27 bits per heavy atom. The van der Waals surface area contributed by atoms with Gasteiger partial charge in [-0.3, -0.25) is 4.79 Å². The average molecular weight is 267 g/mol. The molecule has 0 aliphatic carbocycles. The van der Waals surface area contributed by atoms with Crippen LogP contribution in [0.15, 0.2) is 24.3 Å². The van der Waals surface area contributed by atoms with Crippen LogP contribution in [0.1, 0.15) is 11.1 Å². The fourth-order valence-corrected chi connectivity index (χ4v) is 1.19.